The summed E-state index contributed by atoms with van der Waals surface area (Å²) in [6.45, 7) is 2.39. The van der Waals surface area contributed by atoms with Crippen LogP contribution in [0.4, 0.5) is 11.4 Å². The molecule has 2 amide bonds. The lowest BCUT2D eigenvalue weighted by atomic mass is 10.1. The zero-order valence-corrected chi connectivity index (χ0v) is 22.8. The van der Waals surface area contributed by atoms with Crippen LogP contribution in [0.5, 0.6) is 17.2 Å². The molecule has 39 heavy (non-hydrogen) atoms. The minimum absolute atomic E-state index is 0.188. The number of carbonyl (C=O) groups is 2. The molecule has 0 aliphatic heterocycles. The summed E-state index contributed by atoms with van der Waals surface area (Å²) in [6.07, 6.45) is 0. The van der Waals surface area contributed by atoms with Crippen molar-refractivity contribution in [2.45, 2.75) is 17.1 Å². The molecule has 0 aliphatic carbocycles. The number of para-hydroxylation sites is 2. The van der Waals surface area contributed by atoms with Crippen LogP contribution < -0.4 is 24.8 Å². The van der Waals surface area contributed by atoms with E-state index in [0.717, 1.165) is 10.5 Å². The van der Waals surface area contributed by atoms with Crippen molar-refractivity contribution in [1.82, 2.24) is 0 Å². The molecule has 0 radical (unpaired) electrons. The second-order valence-corrected chi connectivity index (χ2v) is 9.52. The second-order valence-electron chi connectivity index (χ2n) is 8.35. The summed E-state index contributed by atoms with van der Waals surface area (Å²) < 4.78 is 16.4. The molecule has 7 nitrogen and oxygen atoms in total. The largest absolute Gasteiger partial charge is 0.496 e. The van der Waals surface area contributed by atoms with E-state index in [1.807, 2.05) is 79.7 Å². The Morgan fingerprint density at radius 2 is 1.41 bits per heavy atom. The van der Waals surface area contributed by atoms with Crippen LogP contribution in [0.2, 0.25) is 0 Å². The Bertz CT molecular complexity index is 1410. The van der Waals surface area contributed by atoms with Gasteiger partial charge >= 0.3 is 0 Å². The van der Waals surface area contributed by atoms with Gasteiger partial charge in [0.25, 0.3) is 5.91 Å². The molecule has 4 rings (SSSR count). The minimum atomic E-state index is -0.554. The van der Waals surface area contributed by atoms with Crippen molar-refractivity contribution in [3.63, 3.8) is 0 Å². The molecule has 0 fully saturated rings. The average molecular weight is 543 g/mol. The van der Waals surface area contributed by atoms with Crippen molar-refractivity contribution >= 4 is 35.0 Å². The fourth-order valence-electron chi connectivity index (χ4n) is 4.00. The third kappa shape index (κ3) is 6.91. The van der Waals surface area contributed by atoms with Crippen LogP contribution in [0.15, 0.2) is 102 Å². The van der Waals surface area contributed by atoms with E-state index in [4.69, 9.17) is 14.2 Å². The van der Waals surface area contributed by atoms with Crippen LogP contribution in [0.1, 0.15) is 28.1 Å². The highest BCUT2D eigenvalue weighted by atomic mass is 32.2. The van der Waals surface area contributed by atoms with E-state index in [0.29, 0.717) is 40.8 Å². The molecule has 1 unspecified atom stereocenters. The van der Waals surface area contributed by atoms with Crippen molar-refractivity contribution in [3.8, 4) is 17.2 Å². The fraction of sp³-hybridized carbons (Fsp3) is 0.161. The molecule has 0 heterocycles. The normalized spacial score (nSPS) is 11.3. The van der Waals surface area contributed by atoms with Crippen LogP contribution in [0.3, 0.4) is 0 Å². The Kier molecular flexibility index (Phi) is 9.48. The van der Waals surface area contributed by atoms with Crippen molar-refractivity contribution in [3.05, 3.63) is 108 Å². The third-order valence-electron chi connectivity index (χ3n) is 5.79. The first-order valence-electron chi connectivity index (χ1n) is 12.4. The van der Waals surface area contributed by atoms with E-state index in [2.05, 4.69) is 10.6 Å². The van der Waals surface area contributed by atoms with Gasteiger partial charge in [-0.3, -0.25) is 9.59 Å². The Balaban J connectivity index is 1.58. The summed E-state index contributed by atoms with van der Waals surface area (Å²) >= 11 is 1.39. The van der Waals surface area contributed by atoms with E-state index in [1.54, 1.807) is 24.3 Å². The zero-order chi connectivity index (χ0) is 27.6. The molecule has 4 aromatic rings. The van der Waals surface area contributed by atoms with Gasteiger partial charge in [-0.05, 0) is 55.0 Å². The SMILES string of the molecule is CCOc1ccccc1NC(=O)C(Sc1cccc(NC(=O)c2c(OC)cccc2OC)c1)c1ccccc1. The number of rotatable bonds is 11. The van der Waals surface area contributed by atoms with Gasteiger partial charge in [-0.25, -0.2) is 0 Å². The minimum Gasteiger partial charge on any atom is -0.496 e. The van der Waals surface area contributed by atoms with Gasteiger partial charge in [-0.15, -0.1) is 11.8 Å². The quantitative estimate of drug-likeness (QED) is 0.202. The summed E-state index contributed by atoms with van der Waals surface area (Å²) in [5.41, 5.74) is 2.33. The van der Waals surface area contributed by atoms with Crippen molar-refractivity contribution < 1.29 is 23.8 Å². The first-order valence-corrected chi connectivity index (χ1v) is 13.3. The highest BCUT2D eigenvalue weighted by Gasteiger charge is 2.24. The maximum Gasteiger partial charge on any atom is 0.263 e. The summed E-state index contributed by atoms with van der Waals surface area (Å²) in [5, 5.41) is 5.39. The number of nitrogens with one attached hydrogen (secondary N) is 2. The van der Waals surface area contributed by atoms with Gasteiger partial charge in [0.05, 0.1) is 26.5 Å². The van der Waals surface area contributed by atoms with Crippen molar-refractivity contribution in [2.75, 3.05) is 31.5 Å². The molecule has 0 saturated heterocycles. The maximum atomic E-state index is 13.6. The summed E-state index contributed by atoms with van der Waals surface area (Å²) in [6, 6.07) is 29.5. The number of anilines is 2. The maximum absolute atomic E-state index is 13.6. The van der Waals surface area contributed by atoms with Crippen LogP contribution >= 0.6 is 11.8 Å². The van der Waals surface area contributed by atoms with Gasteiger partial charge in [0.15, 0.2) is 0 Å². The smallest absolute Gasteiger partial charge is 0.263 e. The Morgan fingerprint density at radius 3 is 2.10 bits per heavy atom. The topological polar surface area (TPSA) is 85.9 Å². The highest BCUT2D eigenvalue weighted by molar-refractivity contribution is 8.00. The van der Waals surface area contributed by atoms with Gasteiger partial charge in [-0.1, -0.05) is 54.6 Å². The highest BCUT2D eigenvalue weighted by Crippen LogP contribution is 2.38. The predicted molar refractivity (Wildman–Crippen MR) is 155 cm³/mol. The van der Waals surface area contributed by atoms with Crippen molar-refractivity contribution in [1.29, 1.82) is 0 Å². The van der Waals surface area contributed by atoms with Gasteiger partial charge < -0.3 is 24.8 Å². The van der Waals surface area contributed by atoms with E-state index >= 15 is 0 Å². The third-order valence-corrected chi connectivity index (χ3v) is 7.03. The predicted octanol–water partition coefficient (Wildman–Crippen LogP) is 6.83. The van der Waals surface area contributed by atoms with E-state index < -0.39 is 5.25 Å². The van der Waals surface area contributed by atoms with Crippen LogP contribution in [0, 0.1) is 0 Å². The lowest BCUT2D eigenvalue weighted by molar-refractivity contribution is -0.115. The number of carbonyl (C=O) groups excluding carboxylic acids is 2. The van der Waals surface area contributed by atoms with Crippen molar-refractivity contribution in [2.24, 2.45) is 0 Å². The zero-order valence-electron chi connectivity index (χ0n) is 22.0. The van der Waals surface area contributed by atoms with Crippen LogP contribution in [0.25, 0.3) is 0 Å². The molecule has 8 heteroatoms. The van der Waals surface area contributed by atoms with E-state index in [9.17, 15) is 9.59 Å². The lowest BCUT2D eigenvalue weighted by Gasteiger charge is -2.19. The Morgan fingerprint density at radius 1 is 0.769 bits per heavy atom. The number of hydrogen-bond acceptors (Lipinski definition) is 6. The molecule has 2 N–H and O–H groups in total. The van der Waals surface area contributed by atoms with E-state index in [-0.39, 0.29) is 11.8 Å². The molecule has 0 spiro atoms. The molecular formula is C31H30N2O5S. The van der Waals surface area contributed by atoms with E-state index in [1.165, 1.54) is 26.0 Å². The van der Waals surface area contributed by atoms with Gasteiger partial charge in [0, 0.05) is 10.6 Å². The molecule has 0 aromatic heterocycles. The number of benzene rings is 4. The standard InChI is InChI=1S/C31H30N2O5S/c1-4-38-25-17-9-8-16-24(25)33-31(35)29(21-12-6-5-7-13-21)39-23-15-10-14-22(20-23)32-30(34)28-26(36-2)18-11-19-27(28)37-3/h5-20,29H,4H2,1-3H3,(H,32,34)(H,33,35). The monoisotopic (exact) mass is 542 g/mol. The number of hydrogen-bond donors (Lipinski definition) is 2. The molecule has 0 bridgehead atoms. The number of ether oxygens (including phenoxy) is 3. The van der Waals surface area contributed by atoms with Crippen LogP contribution in [-0.4, -0.2) is 32.6 Å². The molecule has 4 aromatic carbocycles. The average Bonchev–Trinajstić information content (AvgIpc) is 2.97. The Hall–Kier alpha value is -4.43. The number of amides is 2. The van der Waals surface area contributed by atoms with Crippen LogP contribution in [-0.2, 0) is 4.79 Å². The fourth-order valence-corrected chi connectivity index (χ4v) is 5.09. The Labute approximate surface area is 232 Å². The van der Waals surface area contributed by atoms with Gasteiger partial charge in [-0.2, -0.15) is 0 Å². The molecule has 0 saturated carbocycles. The molecule has 200 valence electrons. The molecule has 0 aliphatic rings. The second kappa shape index (κ2) is 13.4. The van der Waals surface area contributed by atoms with Gasteiger partial charge in [0.2, 0.25) is 5.91 Å². The lowest BCUT2D eigenvalue weighted by Crippen LogP contribution is -2.19. The molecular weight excluding hydrogens is 512 g/mol. The summed E-state index contributed by atoms with van der Waals surface area (Å²) in [5.74, 6) is 0.876. The van der Waals surface area contributed by atoms with Gasteiger partial charge in [0.1, 0.15) is 28.1 Å². The summed E-state index contributed by atoms with van der Waals surface area (Å²) in [7, 11) is 3.01. The summed E-state index contributed by atoms with van der Waals surface area (Å²) in [4.78, 5) is 27.6. The number of methoxy groups -OCH3 is 2. The first kappa shape index (κ1) is 27.6. The molecule has 1 atom stereocenters. The first-order chi connectivity index (χ1) is 19.0. The number of thioether (sulfide) groups is 1.